The van der Waals surface area contributed by atoms with Gasteiger partial charge in [0.05, 0.1) is 26.4 Å². The molecule has 0 heterocycles. The van der Waals surface area contributed by atoms with Gasteiger partial charge in [0, 0.05) is 25.7 Å². The Bertz CT molecular complexity index is 1720. The number of ether oxygens (including phenoxy) is 4. The summed E-state index contributed by atoms with van der Waals surface area (Å²) in [4.78, 5) is 72.2. The number of hydrogen-bond donors (Lipinski definition) is 3. The number of unbranched alkanes of at least 4 members (excludes halogenated alkanes) is 29. The highest BCUT2D eigenvalue weighted by Gasteiger charge is 2.30. The third-order valence-electron chi connectivity index (χ3n) is 15.7. The molecule has 0 fully saturated rings. The summed E-state index contributed by atoms with van der Waals surface area (Å²) in [6.07, 6.45) is 38.0. The fourth-order valence-corrected chi connectivity index (χ4v) is 11.5. The molecule has 0 saturated carbocycles. The number of aliphatic hydroxyl groups is 1. The van der Waals surface area contributed by atoms with Crippen molar-refractivity contribution in [3.8, 4) is 0 Å². The minimum Gasteiger partial charge on any atom is -0.462 e. The smallest absolute Gasteiger partial charge is 0.462 e. The van der Waals surface area contributed by atoms with Crippen molar-refractivity contribution in [1.82, 2.24) is 0 Å². The molecule has 0 aromatic heterocycles. The lowest BCUT2D eigenvalue weighted by Gasteiger charge is -2.21. The first kappa shape index (κ1) is 84.1. The van der Waals surface area contributed by atoms with Gasteiger partial charge in [-0.1, -0.05) is 274 Å². The molecule has 0 aliphatic rings. The van der Waals surface area contributed by atoms with Crippen molar-refractivity contribution in [1.29, 1.82) is 0 Å². The van der Waals surface area contributed by atoms with E-state index in [1.165, 1.54) is 122 Å². The zero-order valence-corrected chi connectivity index (χ0v) is 57.7. The van der Waals surface area contributed by atoms with Crippen molar-refractivity contribution >= 4 is 39.5 Å². The Morgan fingerprint density at radius 3 is 0.826 bits per heavy atom. The minimum absolute atomic E-state index is 0.101. The van der Waals surface area contributed by atoms with Crippen LogP contribution in [-0.2, 0) is 65.4 Å². The molecule has 4 unspecified atom stereocenters. The van der Waals surface area contributed by atoms with Crippen LogP contribution in [0.1, 0.15) is 325 Å². The van der Waals surface area contributed by atoms with Crippen LogP contribution < -0.4 is 0 Å². The average Bonchev–Trinajstić information content (AvgIpc) is 3.61. The number of aliphatic hydroxyl groups excluding tert-OH is 1. The van der Waals surface area contributed by atoms with E-state index in [-0.39, 0.29) is 25.7 Å². The fraction of sp³-hybridized carbons (Fsp3) is 0.940. The fourth-order valence-electron chi connectivity index (χ4n) is 9.93. The second-order valence-corrected chi connectivity index (χ2v) is 28.8. The molecule has 0 aromatic carbocycles. The van der Waals surface area contributed by atoms with Crippen molar-refractivity contribution < 1.29 is 80.2 Å². The highest BCUT2D eigenvalue weighted by Crippen LogP contribution is 2.45. The Morgan fingerprint density at radius 1 is 0.326 bits per heavy atom. The van der Waals surface area contributed by atoms with Gasteiger partial charge in [-0.05, 0) is 49.4 Å². The van der Waals surface area contributed by atoms with Crippen LogP contribution in [0.5, 0.6) is 0 Å². The Balaban J connectivity index is 5.15. The number of rotatable bonds is 64. The monoisotopic (exact) mass is 1270 g/mol. The van der Waals surface area contributed by atoms with Gasteiger partial charge in [0.15, 0.2) is 12.2 Å². The lowest BCUT2D eigenvalue weighted by Crippen LogP contribution is -2.30. The van der Waals surface area contributed by atoms with Crippen LogP contribution in [0, 0.1) is 23.7 Å². The maximum absolute atomic E-state index is 13.0. The van der Waals surface area contributed by atoms with Gasteiger partial charge in [-0.3, -0.25) is 37.3 Å². The molecule has 0 radical (unpaired) electrons. The molecule has 0 amide bonds. The van der Waals surface area contributed by atoms with E-state index in [4.69, 9.17) is 37.0 Å². The van der Waals surface area contributed by atoms with E-state index in [1.54, 1.807) is 0 Å². The standard InChI is InChI=1S/C67H130O17P2/c1-9-60(8)46-38-30-20-16-14-12-10-11-13-15-17-21-31-39-47-64(69)77-53-62(83-66(71)49-41-33-25-23-28-36-44-58(4)5)55-81-85(73,74)79-51-61(68)52-80-86(75,76)82-56-63(84-67(72)50-42-34-26-24-29-37-45-59(6)7)54-78-65(70)48-40-32-22-18-19-27-35-43-57(2)3/h57-63,68H,9-56H2,1-8H3,(H,73,74)(H,75,76)/t60?,61?,62-,63-/m1/s1. The van der Waals surface area contributed by atoms with Crippen LogP contribution >= 0.6 is 15.6 Å². The topological polar surface area (TPSA) is 237 Å². The Kier molecular flexibility index (Phi) is 55.7. The number of phosphoric acid groups is 2. The van der Waals surface area contributed by atoms with Crippen molar-refractivity contribution in [2.24, 2.45) is 23.7 Å². The summed E-state index contributed by atoms with van der Waals surface area (Å²) in [5.74, 6) is 0.750. The van der Waals surface area contributed by atoms with Crippen LogP contribution in [0.3, 0.4) is 0 Å². The van der Waals surface area contributed by atoms with E-state index in [1.807, 2.05) is 0 Å². The normalized spacial score (nSPS) is 14.7. The summed E-state index contributed by atoms with van der Waals surface area (Å²) < 4.78 is 68.0. The second kappa shape index (κ2) is 57.0. The van der Waals surface area contributed by atoms with Gasteiger partial charge in [0.2, 0.25) is 0 Å². The number of phosphoric ester groups is 2. The van der Waals surface area contributed by atoms with Gasteiger partial charge in [-0.2, -0.15) is 0 Å². The van der Waals surface area contributed by atoms with E-state index < -0.39 is 97.5 Å². The average molecular weight is 1270 g/mol. The van der Waals surface area contributed by atoms with Crippen LogP contribution in [0.15, 0.2) is 0 Å². The van der Waals surface area contributed by atoms with E-state index >= 15 is 0 Å². The maximum Gasteiger partial charge on any atom is 0.472 e. The number of carbonyl (C=O) groups is 4. The largest absolute Gasteiger partial charge is 0.472 e. The molecule has 3 N–H and O–H groups in total. The molecular weight excluding hydrogens is 1140 g/mol. The quantitative estimate of drug-likeness (QED) is 0.0222. The van der Waals surface area contributed by atoms with Crippen LogP contribution in [0.25, 0.3) is 0 Å². The third kappa shape index (κ3) is 59.7. The van der Waals surface area contributed by atoms with Gasteiger partial charge in [-0.25, -0.2) is 9.13 Å². The van der Waals surface area contributed by atoms with Gasteiger partial charge in [-0.15, -0.1) is 0 Å². The third-order valence-corrected chi connectivity index (χ3v) is 17.6. The van der Waals surface area contributed by atoms with Crippen molar-refractivity contribution in [3.63, 3.8) is 0 Å². The number of carbonyl (C=O) groups excluding carboxylic acids is 4. The van der Waals surface area contributed by atoms with Gasteiger partial charge >= 0.3 is 39.5 Å². The SMILES string of the molecule is CCC(C)CCCCCCCCCCCCCCCCC(=O)OC[C@H](COP(=O)(O)OCC(O)COP(=O)(O)OC[C@@H](COC(=O)CCCCCCCCCC(C)C)OC(=O)CCCCCCCCC(C)C)OC(=O)CCCCCCCCC(C)C. The van der Waals surface area contributed by atoms with E-state index in [0.29, 0.717) is 43.4 Å². The predicted octanol–water partition coefficient (Wildman–Crippen LogP) is 18.5. The minimum atomic E-state index is -4.95. The van der Waals surface area contributed by atoms with Crippen molar-refractivity contribution in [3.05, 3.63) is 0 Å². The summed E-state index contributed by atoms with van der Waals surface area (Å²) in [5.41, 5.74) is 0. The first-order chi connectivity index (χ1) is 41.1. The second-order valence-electron chi connectivity index (χ2n) is 25.9. The molecule has 0 rings (SSSR count). The maximum atomic E-state index is 13.0. The molecule has 0 bridgehead atoms. The summed E-state index contributed by atoms with van der Waals surface area (Å²) in [7, 11) is -9.89. The zero-order chi connectivity index (χ0) is 63.9. The molecule has 0 aromatic rings. The zero-order valence-electron chi connectivity index (χ0n) is 55.9. The molecule has 0 aliphatic heterocycles. The number of hydrogen-bond acceptors (Lipinski definition) is 15. The molecule has 0 saturated heterocycles. The molecule has 510 valence electrons. The molecule has 6 atom stereocenters. The van der Waals surface area contributed by atoms with Gasteiger partial charge in [0.25, 0.3) is 0 Å². The van der Waals surface area contributed by atoms with Crippen molar-refractivity contribution in [2.75, 3.05) is 39.6 Å². The molecule has 0 aliphatic carbocycles. The Hall–Kier alpha value is -1.94. The van der Waals surface area contributed by atoms with Gasteiger partial charge in [0.1, 0.15) is 19.3 Å². The number of esters is 4. The molecule has 0 spiro atoms. The highest BCUT2D eigenvalue weighted by molar-refractivity contribution is 7.47. The molecule has 19 heteroatoms. The summed E-state index contributed by atoms with van der Waals surface area (Å²) >= 11 is 0. The first-order valence-corrected chi connectivity index (χ1v) is 37.7. The van der Waals surface area contributed by atoms with Crippen LogP contribution in [0.4, 0.5) is 0 Å². The first-order valence-electron chi connectivity index (χ1n) is 34.7. The predicted molar refractivity (Wildman–Crippen MR) is 344 cm³/mol. The summed E-state index contributed by atoms with van der Waals surface area (Å²) in [6, 6.07) is 0. The Labute approximate surface area is 524 Å². The van der Waals surface area contributed by atoms with E-state index in [2.05, 4.69) is 55.4 Å². The van der Waals surface area contributed by atoms with E-state index in [9.17, 15) is 43.2 Å². The molecular formula is C67H130O17P2. The molecule has 86 heavy (non-hydrogen) atoms. The van der Waals surface area contributed by atoms with E-state index in [0.717, 1.165) is 102 Å². The highest BCUT2D eigenvalue weighted by atomic mass is 31.2. The summed E-state index contributed by atoms with van der Waals surface area (Å²) in [6.45, 7) is 13.9. The lowest BCUT2D eigenvalue weighted by atomic mass is 9.99. The van der Waals surface area contributed by atoms with Crippen LogP contribution in [-0.4, -0.2) is 96.7 Å². The van der Waals surface area contributed by atoms with Gasteiger partial charge < -0.3 is 33.8 Å². The Morgan fingerprint density at radius 2 is 0.558 bits per heavy atom. The molecule has 17 nitrogen and oxygen atoms in total. The lowest BCUT2D eigenvalue weighted by molar-refractivity contribution is -0.161. The summed E-state index contributed by atoms with van der Waals surface area (Å²) in [5, 5.41) is 10.5. The van der Waals surface area contributed by atoms with Crippen molar-refractivity contribution in [2.45, 2.75) is 343 Å². The van der Waals surface area contributed by atoms with Crippen LogP contribution in [0.2, 0.25) is 0 Å².